The smallest absolute Gasteiger partial charge is 0.335 e. The molecule has 0 aliphatic carbocycles. The van der Waals surface area contributed by atoms with E-state index in [9.17, 15) is 14.4 Å². The molecule has 0 unspecified atom stereocenters. The standard InChI is InChI=1S/C20H11BrCl2N2O4/c1-2-7-29-17-6-3-12(21)8-11(17)9-14-18(26)24-20(28)25(19(14)27)13-4-5-15(22)16(23)10-13/h1,3-6,8-10H,7H2,(H,24,26,28)/b14-9+. The zero-order valence-electron chi connectivity index (χ0n) is 14.5. The van der Waals surface area contributed by atoms with Gasteiger partial charge in [-0.05, 0) is 42.5 Å². The third-order valence-corrected chi connectivity index (χ3v) is 5.08. The minimum atomic E-state index is -0.895. The van der Waals surface area contributed by atoms with E-state index >= 15 is 0 Å². The average molecular weight is 494 g/mol. The van der Waals surface area contributed by atoms with E-state index < -0.39 is 17.8 Å². The fraction of sp³-hybridized carbons (Fsp3) is 0.0500. The molecule has 1 saturated heterocycles. The molecule has 1 heterocycles. The molecule has 146 valence electrons. The zero-order valence-corrected chi connectivity index (χ0v) is 17.6. The molecule has 0 bridgehead atoms. The molecule has 2 aromatic carbocycles. The Morgan fingerprint density at radius 1 is 1.14 bits per heavy atom. The van der Waals surface area contributed by atoms with Gasteiger partial charge in [0.25, 0.3) is 11.8 Å². The number of carbonyl (C=O) groups is 3. The number of anilines is 1. The van der Waals surface area contributed by atoms with E-state index in [0.29, 0.717) is 15.8 Å². The zero-order chi connectivity index (χ0) is 21.1. The van der Waals surface area contributed by atoms with Crippen LogP contribution in [0.2, 0.25) is 10.0 Å². The summed E-state index contributed by atoms with van der Waals surface area (Å²) in [6.45, 7) is 0.00579. The Labute approximate surface area is 184 Å². The van der Waals surface area contributed by atoms with E-state index in [1.54, 1.807) is 18.2 Å². The van der Waals surface area contributed by atoms with Crippen LogP contribution in [0.25, 0.3) is 6.08 Å². The summed E-state index contributed by atoms with van der Waals surface area (Å²) < 4.78 is 6.15. The third kappa shape index (κ3) is 4.46. The number of urea groups is 1. The third-order valence-electron chi connectivity index (χ3n) is 3.85. The Morgan fingerprint density at radius 3 is 2.59 bits per heavy atom. The summed E-state index contributed by atoms with van der Waals surface area (Å²) in [6.07, 6.45) is 6.55. The van der Waals surface area contributed by atoms with Crippen molar-refractivity contribution in [2.24, 2.45) is 0 Å². The summed E-state index contributed by atoms with van der Waals surface area (Å²) in [4.78, 5) is 38.4. The lowest BCUT2D eigenvalue weighted by Gasteiger charge is -2.26. The monoisotopic (exact) mass is 492 g/mol. The number of carbonyl (C=O) groups excluding carboxylic acids is 3. The predicted molar refractivity (Wildman–Crippen MR) is 114 cm³/mol. The van der Waals surface area contributed by atoms with Crippen LogP contribution in [0.15, 0.2) is 46.4 Å². The first-order valence-corrected chi connectivity index (χ1v) is 9.59. The van der Waals surface area contributed by atoms with Crippen molar-refractivity contribution in [3.63, 3.8) is 0 Å². The van der Waals surface area contributed by atoms with Crippen LogP contribution in [0, 0.1) is 12.3 Å². The first-order chi connectivity index (χ1) is 13.8. The highest BCUT2D eigenvalue weighted by Crippen LogP contribution is 2.31. The Bertz CT molecular complexity index is 1110. The predicted octanol–water partition coefficient (Wildman–Crippen LogP) is 4.43. The van der Waals surface area contributed by atoms with Crippen molar-refractivity contribution in [1.29, 1.82) is 0 Å². The maximum atomic E-state index is 13.0. The van der Waals surface area contributed by atoms with Crippen molar-refractivity contribution in [2.75, 3.05) is 11.5 Å². The maximum Gasteiger partial charge on any atom is 0.335 e. The number of benzene rings is 2. The van der Waals surface area contributed by atoms with Crippen molar-refractivity contribution >= 4 is 68.7 Å². The van der Waals surface area contributed by atoms with Crippen molar-refractivity contribution in [2.45, 2.75) is 0 Å². The van der Waals surface area contributed by atoms with Crippen molar-refractivity contribution in [1.82, 2.24) is 5.32 Å². The topological polar surface area (TPSA) is 75.7 Å². The van der Waals surface area contributed by atoms with Crippen molar-refractivity contribution in [3.05, 3.63) is 62.1 Å². The molecule has 0 saturated carbocycles. The second-order valence-electron chi connectivity index (χ2n) is 5.73. The molecule has 0 spiro atoms. The number of halogens is 3. The maximum absolute atomic E-state index is 13.0. The van der Waals surface area contributed by atoms with Gasteiger partial charge in [0.15, 0.2) is 0 Å². The van der Waals surface area contributed by atoms with Crippen LogP contribution in [0.4, 0.5) is 10.5 Å². The molecule has 2 aromatic rings. The van der Waals surface area contributed by atoms with E-state index in [1.807, 2.05) is 0 Å². The SMILES string of the molecule is C#CCOc1ccc(Br)cc1/C=C1\C(=O)NC(=O)N(c2ccc(Cl)c(Cl)c2)C1=O. The first kappa shape index (κ1) is 20.9. The number of amides is 4. The largest absolute Gasteiger partial charge is 0.480 e. The highest BCUT2D eigenvalue weighted by Gasteiger charge is 2.37. The fourth-order valence-corrected chi connectivity index (χ4v) is 3.23. The lowest BCUT2D eigenvalue weighted by Crippen LogP contribution is -2.54. The van der Waals surface area contributed by atoms with Crippen LogP contribution < -0.4 is 15.0 Å². The van der Waals surface area contributed by atoms with Crippen LogP contribution in [0.5, 0.6) is 5.75 Å². The highest BCUT2D eigenvalue weighted by molar-refractivity contribution is 9.10. The van der Waals surface area contributed by atoms with Gasteiger partial charge < -0.3 is 4.74 Å². The number of hydrogen-bond donors (Lipinski definition) is 1. The van der Waals surface area contributed by atoms with Crippen molar-refractivity contribution in [3.8, 4) is 18.1 Å². The molecule has 6 nitrogen and oxygen atoms in total. The fourth-order valence-electron chi connectivity index (χ4n) is 2.55. The molecule has 4 amide bonds. The van der Waals surface area contributed by atoms with E-state index in [4.69, 9.17) is 34.4 Å². The second-order valence-corrected chi connectivity index (χ2v) is 7.46. The Kier molecular flexibility index (Phi) is 6.28. The minimum Gasteiger partial charge on any atom is -0.480 e. The molecule has 29 heavy (non-hydrogen) atoms. The normalized spacial score (nSPS) is 15.3. The molecule has 9 heteroatoms. The molecule has 1 aliphatic heterocycles. The second kappa shape index (κ2) is 8.70. The van der Waals surface area contributed by atoms with Crippen molar-refractivity contribution < 1.29 is 19.1 Å². The summed E-state index contributed by atoms with van der Waals surface area (Å²) in [6, 6.07) is 8.37. The Balaban J connectivity index is 2.05. The van der Waals surface area contributed by atoms with E-state index in [2.05, 4.69) is 27.2 Å². The van der Waals surface area contributed by atoms with Crippen LogP contribution in [0.3, 0.4) is 0 Å². The van der Waals surface area contributed by atoms with Gasteiger partial charge in [0, 0.05) is 10.0 Å². The van der Waals surface area contributed by atoms with Gasteiger partial charge in [-0.2, -0.15) is 0 Å². The molecular weight excluding hydrogens is 483 g/mol. The lowest BCUT2D eigenvalue weighted by molar-refractivity contribution is -0.122. The molecule has 3 rings (SSSR count). The van der Waals surface area contributed by atoms with E-state index in [0.717, 1.165) is 4.90 Å². The molecular formula is C20H11BrCl2N2O4. The summed E-state index contributed by atoms with van der Waals surface area (Å²) in [5.74, 6) is 1.07. The van der Waals surface area contributed by atoms with Gasteiger partial charge in [-0.1, -0.05) is 45.1 Å². The van der Waals surface area contributed by atoms with Gasteiger partial charge in [-0.3, -0.25) is 14.9 Å². The number of imide groups is 2. The summed E-state index contributed by atoms with van der Waals surface area (Å²) in [7, 11) is 0. The Morgan fingerprint density at radius 2 is 1.90 bits per heavy atom. The van der Waals surface area contributed by atoms with Gasteiger partial charge >= 0.3 is 6.03 Å². The van der Waals surface area contributed by atoms with Crippen LogP contribution in [-0.4, -0.2) is 24.5 Å². The highest BCUT2D eigenvalue weighted by atomic mass is 79.9. The first-order valence-electron chi connectivity index (χ1n) is 8.04. The van der Waals surface area contributed by atoms with E-state index in [1.165, 1.54) is 24.3 Å². The summed E-state index contributed by atoms with van der Waals surface area (Å²) in [5.41, 5.74) is 0.328. The van der Waals surface area contributed by atoms with Gasteiger partial charge in [-0.15, -0.1) is 6.42 Å². The molecule has 1 fully saturated rings. The van der Waals surface area contributed by atoms with Gasteiger partial charge in [0.2, 0.25) is 0 Å². The average Bonchev–Trinajstić information content (AvgIpc) is 2.67. The number of rotatable bonds is 4. The molecule has 0 atom stereocenters. The molecule has 1 N–H and O–H groups in total. The minimum absolute atomic E-state index is 0.00579. The van der Waals surface area contributed by atoms with Gasteiger partial charge in [0.05, 0.1) is 15.7 Å². The number of barbiturate groups is 1. The van der Waals surface area contributed by atoms with Crippen LogP contribution in [-0.2, 0) is 9.59 Å². The summed E-state index contributed by atoms with van der Waals surface area (Å²) in [5, 5.41) is 2.56. The molecule has 0 aromatic heterocycles. The number of hydrogen-bond acceptors (Lipinski definition) is 4. The van der Waals surface area contributed by atoms with Crippen LogP contribution >= 0.6 is 39.1 Å². The Hall–Kier alpha value is -2.79. The number of nitrogens with one attached hydrogen (secondary N) is 1. The van der Waals surface area contributed by atoms with Gasteiger partial charge in [0.1, 0.15) is 17.9 Å². The van der Waals surface area contributed by atoms with Crippen LogP contribution in [0.1, 0.15) is 5.56 Å². The quantitative estimate of drug-likeness (QED) is 0.388. The summed E-state index contributed by atoms with van der Waals surface area (Å²) >= 11 is 15.2. The number of ether oxygens (including phenoxy) is 1. The number of nitrogens with zero attached hydrogens (tertiary/aromatic N) is 1. The molecule has 0 radical (unpaired) electrons. The molecule has 1 aliphatic rings. The van der Waals surface area contributed by atoms with Gasteiger partial charge in [-0.25, -0.2) is 9.69 Å². The number of terminal acetylenes is 1. The lowest BCUT2D eigenvalue weighted by atomic mass is 10.1. The van der Waals surface area contributed by atoms with E-state index in [-0.39, 0.29) is 27.9 Å².